The molecule has 0 heterocycles. The second-order valence-corrected chi connectivity index (χ2v) is 11.7. The number of carboxylic acid groups (broad SMARTS) is 1. The fraction of sp³-hybridized carbons (Fsp3) is 0.630. The molecule has 0 aliphatic rings. The van der Waals surface area contributed by atoms with E-state index < -0.39 is 35.9 Å². The van der Waals surface area contributed by atoms with Gasteiger partial charge in [0.05, 0.1) is 13.2 Å². The van der Waals surface area contributed by atoms with Crippen LogP contribution in [-0.2, 0) is 30.2 Å². The third-order valence-corrected chi connectivity index (χ3v) is 4.86. The van der Waals surface area contributed by atoms with Gasteiger partial charge in [0.15, 0.2) is 11.5 Å². The van der Waals surface area contributed by atoms with E-state index in [4.69, 9.17) is 29.4 Å². The average molecular weight is 540 g/mol. The standard InChI is InChI=1S/C27H41NO10/c1-9-21(29)36-17(2)13-27(28,22(30)31)14-18-10-11-19(37-23(32)34-15-25(3,4)5)20(12-18)38-24(33)35-16-26(6,7)8/h10-12,17H,9,13-16,28H2,1-8H3,(H,30,31)/t17-,27?/m0/s1. The molecule has 214 valence electrons. The zero-order valence-electron chi connectivity index (χ0n) is 23.5. The molecule has 11 nitrogen and oxygen atoms in total. The molecule has 0 radical (unpaired) electrons. The monoisotopic (exact) mass is 539 g/mol. The first-order chi connectivity index (χ1) is 17.3. The minimum Gasteiger partial charge on any atom is -0.480 e. The first-order valence-electron chi connectivity index (χ1n) is 12.4. The topological polar surface area (TPSA) is 161 Å². The molecule has 1 unspecified atom stereocenters. The lowest BCUT2D eigenvalue weighted by Crippen LogP contribution is -2.52. The Morgan fingerprint density at radius 3 is 1.84 bits per heavy atom. The largest absolute Gasteiger partial charge is 0.513 e. The Morgan fingerprint density at radius 2 is 1.39 bits per heavy atom. The lowest BCUT2D eigenvalue weighted by atomic mass is 9.86. The maximum absolute atomic E-state index is 12.4. The molecule has 1 aromatic rings. The summed E-state index contributed by atoms with van der Waals surface area (Å²) in [6.07, 6.45) is -3.05. The highest BCUT2D eigenvalue weighted by atomic mass is 16.7. The fourth-order valence-corrected chi connectivity index (χ4v) is 3.08. The Balaban J connectivity index is 3.22. The van der Waals surface area contributed by atoms with Gasteiger partial charge in [-0.2, -0.15) is 0 Å². The van der Waals surface area contributed by atoms with E-state index >= 15 is 0 Å². The molecule has 0 aliphatic heterocycles. The van der Waals surface area contributed by atoms with Crippen LogP contribution in [-0.4, -0.2) is 54.2 Å². The van der Waals surface area contributed by atoms with Gasteiger partial charge in [0.25, 0.3) is 0 Å². The molecule has 1 aromatic carbocycles. The molecule has 3 N–H and O–H groups in total. The quantitative estimate of drug-likeness (QED) is 0.224. The van der Waals surface area contributed by atoms with Gasteiger partial charge in [-0.1, -0.05) is 54.5 Å². The van der Waals surface area contributed by atoms with Crippen LogP contribution in [0, 0.1) is 10.8 Å². The summed E-state index contributed by atoms with van der Waals surface area (Å²) in [5.74, 6) is -2.11. The van der Waals surface area contributed by atoms with Gasteiger partial charge >= 0.3 is 24.2 Å². The summed E-state index contributed by atoms with van der Waals surface area (Å²) in [6, 6.07) is 4.15. The molecule has 38 heavy (non-hydrogen) atoms. The van der Waals surface area contributed by atoms with Crippen molar-refractivity contribution in [2.24, 2.45) is 16.6 Å². The highest BCUT2D eigenvalue weighted by Gasteiger charge is 2.37. The van der Waals surface area contributed by atoms with Gasteiger partial charge < -0.3 is 34.5 Å². The van der Waals surface area contributed by atoms with Crippen LogP contribution in [0.15, 0.2) is 18.2 Å². The molecule has 11 heteroatoms. The summed E-state index contributed by atoms with van der Waals surface area (Å²) in [6.45, 7) is 14.6. The predicted octanol–water partition coefficient (Wildman–Crippen LogP) is 4.87. The van der Waals surface area contributed by atoms with Crippen molar-refractivity contribution in [3.8, 4) is 11.5 Å². The van der Waals surface area contributed by atoms with Crippen molar-refractivity contribution in [3.63, 3.8) is 0 Å². The fourth-order valence-electron chi connectivity index (χ4n) is 3.08. The number of carboxylic acids is 1. The second kappa shape index (κ2) is 13.5. The Hall–Kier alpha value is -3.34. The summed E-state index contributed by atoms with van der Waals surface area (Å²) in [4.78, 5) is 48.3. The second-order valence-electron chi connectivity index (χ2n) is 11.7. The number of carbonyl (C=O) groups excluding carboxylic acids is 3. The third kappa shape index (κ3) is 12.3. The van der Waals surface area contributed by atoms with E-state index in [2.05, 4.69) is 0 Å². The number of esters is 1. The van der Waals surface area contributed by atoms with Crippen LogP contribution in [0.1, 0.15) is 73.8 Å². The third-order valence-electron chi connectivity index (χ3n) is 4.86. The Bertz CT molecular complexity index is 993. The van der Waals surface area contributed by atoms with Gasteiger partial charge in [-0.3, -0.25) is 9.59 Å². The highest BCUT2D eigenvalue weighted by Crippen LogP contribution is 2.32. The number of hydrogen-bond acceptors (Lipinski definition) is 10. The van der Waals surface area contributed by atoms with Crippen molar-refractivity contribution >= 4 is 24.2 Å². The van der Waals surface area contributed by atoms with Crippen molar-refractivity contribution in [2.45, 2.75) is 86.3 Å². The molecule has 0 saturated heterocycles. The molecule has 1 rings (SSSR count). The van der Waals surface area contributed by atoms with Crippen molar-refractivity contribution < 1.29 is 48.0 Å². The lowest BCUT2D eigenvalue weighted by molar-refractivity contribution is -0.153. The molecule has 0 saturated carbocycles. The normalized spacial score (nSPS) is 14.0. The maximum atomic E-state index is 12.4. The lowest BCUT2D eigenvalue weighted by Gasteiger charge is -2.28. The Morgan fingerprint density at radius 1 is 0.895 bits per heavy atom. The zero-order valence-corrected chi connectivity index (χ0v) is 23.5. The molecule has 2 atom stereocenters. The summed E-state index contributed by atoms with van der Waals surface area (Å²) in [5.41, 5.74) is 4.13. The van der Waals surface area contributed by atoms with Crippen LogP contribution in [0.4, 0.5) is 9.59 Å². The van der Waals surface area contributed by atoms with Crippen LogP contribution < -0.4 is 15.2 Å². The van der Waals surface area contributed by atoms with Crippen molar-refractivity contribution in [3.05, 3.63) is 23.8 Å². The number of rotatable bonds is 11. The average Bonchev–Trinajstić information content (AvgIpc) is 2.76. The van der Waals surface area contributed by atoms with Gasteiger partial charge in [0.1, 0.15) is 11.6 Å². The van der Waals surface area contributed by atoms with E-state index in [1.165, 1.54) is 18.2 Å². The minimum absolute atomic E-state index is 0.0641. The van der Waals surface area contributed by atoms with Crippen molar-refractivity contribution in [1.29, 1.82) is 0 Å². The maximum Gasteiger partial charge on any atom is 0.513 e. The van der Waals surface area contributed by atoms with Crippen molar-refractivity contribution in [2.75, 3.05) is 13.2 Å². The van der Waals surface area contributed by atoms with Gasteiger partial charge in [-0.05, 0) is 35.4 Å². The Kier molecular flexibility index (Phi) is 11.6. The molecular weight excluding hydrogens is 498 g/mol. The SMILES string of the molecule is CCC(=O)O[C@@H](C)CC(N)(Cc1ccc(OC(=O)OCC(C)(C)C)c(OC(=O)OCC(C)(C)C)c1)C(=O)O. The van der Waals surface area contributed by atoms with Gasteiger partial charge in [-0.25, -0.2) is 9.59 Å². The van der Waals surface area contributed by atoms with E-state index in [0.717, 1.165) is 0 Å². The molecule has 0 aliphatic carbocycles. The van der Waals surface area contributed by atoms with Crippen LogP contribution in [0.2, 0.25) is 0 Å². The molecule has 0 bridgehead atoms. The van der Waals surface area contributed by atoms with Crippen LogP contribution in [0.5, 0.6) is 11.5 Å². The summed E-state index contributed by atoms with van der Waals surface area (Å²) in [7, 11) is 0. The molecular formula is C27H41NO10. The van der Waals surface area contributed by atoms with Crippen molar-refractivity contribution in [1.82, 2.24) is 0 Å². The van der Waals surface area contributed by atoms with E-state index in [1.54, 1.807) is 13.8 Å². The number of hydrogen-bond donors (Lipinski definition) is 2. The first kappa shape index (κ1) is 32.7. The van der Waals surface area contributed by atoms with Crippen LogP contribution in [0.3, 0.4) is 0 Å². The van der Waals surface area contributed by atoms with E-state index in [-0.39, 0.29) is 54.8 Å². The van der Waals surface area contributed by atoms with Gasteiger partial charge in [-0.15, -0.1) is 0 Å². The number of aliphatic carboxylic acids is 1. The summed E-state index contributed by atoms with van der Waals surface area (Å²) < 4.78 is 26.0. The van der Waals surface area contributed by atoms with E-state index in [0.29, 0.717) is 5.56 Å². The molecule has 0 spiro atoms. The molecule has 0 fully saturated rings. The van der Waals surface area contributed by atoms with E-state index in [1.807, 2.05) is 41.5 Å². The van der Waals surface area contributed by atoms with Crippen LogP contribution in [0.25, 0.3) is 0 Å². The number of carbonyl (C=O) groups is 4. The number of ether oxygens (including phenoxy) is 5. The predicted molar refractivity (Wildman–Crippen MR) is 138 cm³/mol. The van der Waals surface area contributed by atoms with Gasteiger partial charge in [0.2, 0.25) is 0 Å². The summed E-state index contributed by atoms with van der Waals surface area (Å²) >= 11 is 0. The highest BCUT2D eigenvalue weighted by molar-refractivity contribution is 5.79. The van der Waals surface area contributed by atoms with Gasteiger partial charge in [0, 0.05) is 19.3 Å². The summed E-state index contributed by atoms with van der Waals surface area (Å²) in [5, 5.41) is 9.84. The minimum atomic E-state index is -1.81. The smallest absolute Gasteiger partial charge is 0.480 e. The van der Waals surface area contributed by atoms with E-state index in [9.17, 15) is 24.3 Å². The first-order valence-corrected chi connectivity index (χ1v) is 12.4. The van der Waals surface area contributed by atoms with Crippen LogP contribution >= 0.6 is 0 Å². The molecule has 0 aromatic heterocycles. The number of nitrogens with two attached hydrogens (primary N) is 1. The zero-order chi connectivity index (χ0) is 29.3. The Labute approximate surface area is 223 Å². The number of benzene rings is 1. The molecule has 0 amide bonds.